The fraction of sp³-hybridized carbons (Fsp3) is 0.0667. The third kappa shape index (κ3) is 6.04. The van der Waals surface area contributed by atoms with Crippen molar-refractivity contribution in [2.75, 3.05) is 5.32 Å². The smallest absolute Gasteiger partial charge is 0.322 e. The van der Waals surface area contributed by atoms with E-state index in [1.165, 1.54) is 36.4 Å². The van der Waals surface area contributed by atoms with Crippen LogP contribution in [0.15, 0.2) is 112 Å². The van der Waals surface area contributed by atoms with Crippen LogP contribution in [0, 0.1) is 0 Å². The minimum Gasteiger partial charge on any atom is -0.508 e. The number of carbonyl (C=O) groups is 2. The number of fused-ring (bicyclic) bond motifs is 1. The lowest BCUT2D eigenvalue weighted by molar-refractivity contribution is -0.138. The number of sulfonamides is 1. The van der Waals surface area contributed by atoms with Crippen molar-refractivity contribution < 1.29 is 32.6 Å². The number of hydrogen-bond acceptors (Lipinski definition) is 6. The highest BCUT2D eigenvalue weighted by Crippen LogP contribution is 2.25. The van der Waals surface area contributed by atoms with E-state index in [1.54, 1.807) is 48.5 Å². The van der Waals surface area contributed by atoms with Gasteiger partial charge >= 0.3 is 5.97 Å². The van der Waals surface area contributed by atoms with Gasteiger partial charge in [0.05, 0.1) is 4.90 Å². The van der Waals surface area contributed by atoms with Crippen LogP contribution in [0.4, 0.5) is 5.69 Å². The van der Waals surface area contributed by atoms with Crippen molar-refractivity contribution in [3.8, 4) is 16.9 Å². The van der Waals surface area contributed by atoms with Crippen LogP contribution in [0.1, 0.15) is 16.1 Å². The van der Waals surface area contributed by atoms with Crippen molar-refractivity contribution in [2.24, 2.45) is 0 Å². The highest BCUT2D eigenvalue weighted by Gasteiger charge is 2.26. The van der Waals surface area contributed by atoms with Gasteiger partial charge in [-0.05, 0) is 71.6 Å². The fourth-order valence-electron chi connectivity index (χ4n) is 4.16. The van der Waals surface area contributed by atoms with E-state index in [0.717, 1.165) is 16.5 Å². The van der Waals surface area contributed by atoms with Gasteiger partial charge in [0.2, 0.25) is 10.0 Å². The number of hydrogen-bond donors (Lipinski definition) is 4. The Morgan fingerprint density at radius 2 is 1.45 bits per heavy atom. The number of rotatable bonds is 9. The van der Waals surface area contributed by atoms with Crippen LogP contribution in [-0.4, -0.2) is 36.5 Å². The summed E-state index contributed by atoms with van der Waals surface area (Å²) >= 11 is 0. The topological polar surface area (TPSA) is 146 Å². The zero-order valence-corrected chi connectivity index (χ0v) is 21.8. The Labute approximate surface area is 229 Å². The number of para-hydroxylation sites is 1. The molecule has 5 aromatic rings. The lowest BCUT2D eigenvalue weighted by Crippen LogP contribution is -2.42. The standard InChI is InChI=1S/C30H24N2O7S/c33-24-13-5-19(6-14-24)17-26(30(35)36)32-40(37,38)25-15-9-21(10-16-25)20-7-11-23(12-8-20)31-29(34)28-18-22-3-1-2-4-27(22)39-28/h1-16,18,26,32-33H,17H2,(H,31,34)(H,35,36)/t26-/m0/s1. The van der Waals surface area contributed by atoms with Crippen molar-refractivity contribution in [1.29, 1.82) is 0 Å². The number of aliphatic carboxylic acids is 1. The number of carboxylic acids is 1. The molecule has 0 fully saturated rings. The number of phenolic OH excluding ortho intramolecular Hbond substituents is 1. The maximum atomic E-state index is 12.9. The minimum absolute atomic E-state index is 0.0262. The highest BCUT2D eigenvalue weighted by atomic mass is 32.2. The van der Waals surface area contributed by atoms with Gasteiger partial charge in [-0.15, -0.1) is 0 Å². The predicted molar refractivity (Wildman–Crippen MR) is 150 cm³/mol. The van der Waals surface area contributed by atoms with E-state index in [1.807, 2.05) is 18.2 Å². The molecule has 0 bridgehead atoms. The van der Waals surface area contributed by atoms with Gasteiger partial charge in [-0.25, -0.2) is 8.42 Å². The molecule has 5 rings (SSSR count). The summed E-state index contributed by atoms with van der Waals surface area (Å²) in [7, 11) is -4.12. The third-order valence-electron chi connectivity index (χ3n) is 6.26. The number of anilines is 1. The second kappa shape index (κ2) is 11.0. The summed E-state index contributed by atoms with van der Waals surface area (Å²) in [4.78, 5) is 24.2. The monoisotopic (exact) mass is 556 g/mol. The summed E-state index contributed by atoms with van der Waals surface area (Å²) in [5.74, 6) is -1.47. The average Bonchev–Trinajstić information content (AvgIpc) is 3.39. The molecule has 4 aromatic carbocycles. The molecule has 0 aliphatic rings. The van der Waals surface area contributed by atoms with Crippen LogP contribution in [0.3, 0.4) is 0 Å². The molecule has 0 radical (unpaired) electrons. The van der Waals surface area contributed by atoms with Gasteiger partial charge in [0.15, 0.2) is 5.76 Å². The first kappa shape index (κ1) is 26.7. The SMILES string of the molecule is O=C(Nc1ccc(-c2ccc(S(=O)(=O)N[C@@H](Cc3ccc(O)cc3)C(=O)O)cc2)cc1)c1cc2ccccc2o1. The molecule has 0 saturated carbocycles. The van der Waals surface area contributed by atoms with E-state index in [2.05, 4.69) is 10.0 Å². The molecular formula is C30H24N2O7S. The van der Waals surface area contributed by atoms with E-state index in [0.29, 0.717) is 16.8 Å². The van der Waals surface area contributed by atoms with Crippen molar-refractivity contribution in [3.05, 3.63) is 114 Å². The van der Waals surface area contributed by atoms with Gasteiger partial charge in [0.25, 0.3) is 5.91 Å². The van der Waals surface area contributed by atoms with E-state index in [-0.39, 0.29) is 28.7 Å². The first-order chi connectivity index (χ1) is 19.2. The van der Waals surface area contributed by atoms with Gasteiger partial charge in [-0.1, -0.05) is 54.6 Å². The predicted octanol–water partition coefficient (Wildman–Crippen LogP) is 5.03. The number of benzene rings is 4. The number of furan rings is 1. The summed E-state index contributed by atoms with van der Waals surface area (Å²) in [5.41, 5.74) is 3.26. The molecule has 40 heavy (non-hydrogen) atoms. The molecule has 1 heterocycles. The molecule has 10 heteroatoms. The van der Waals surface area contributed by atoms with Gasteiger partial charge in [0, 0.05) is 11.1 Å². The Balaban J connectivity index is 1.25. The molecule has 0 saturated heterocycles. The number of carboxylic acid groups (broad SMARTS) is 1. The van der Waals surface area contributed by atoms with E-state index in [4.69, 9.17) is 4.42 Å². The van der Waals surface area contributed by atoms with Gasteiger partial charge in [-0.2, -0.15) is 4.72 Å². The summed E-state index contributed by atoms with van der Waals surface area (Å²) in [6.45, 7) is 0. The molecule has 202 valence electrons. The molecule has 1 atom stereocenters. The normalized spacial score (nSPS) is 12.2. The van der Waals surface area contributed by atoms with Crippen molar-refractivity contribution in [1.82, 2.24) is 4.72 Å². The molecule has 0 aliphatic heterocycles. The largest absolute Gasteiger partial charge is 0.508 e. The molecule has 1 amide bonds. The number of nitrogens with one attached hydrogen (secondary N) is 2. The molecule has 1 aromatic heterocycles. The fourth-order valence-corrected chi connectivity index (χ4v) is 5.35. The second-order valence-electron chi connectivity index (χ2n) is 9.09. The van der Waals surface area contributed by atoms with Crippen LogP contribution < -0.4 is 10.0 Å². The van der Waals surface area contributed by atoms with Crippen LogP contribution in [0.5, 0.6) is 5.75 Å². The average molecular weight is 557 g/mol. The zero-order valence-electron chi connectivity index (χ0n) is 20.9. The van der Waals surface area contributed by atoms with Crippen LogP contribution >= 0.6 is 0 Å². The highest BCUT2D eigenvalue weighted by molar-refractivity contribution is 7.89. The Morgan fingerprint density at radius 1 is 0.825 bits per heavy atom. The summed E-state index contributed by atoms with van der Waals surface area (Å²) in [5, 5.41) is 22.6. The van der Waals surface area contributed by atoms with Gasteiger partial charge in [0.1, 0.15) is 17.4 Å². The number of carbonyl (C=O) groups excluding carboxylic acids is 1. The van der Waals surface area contributed by atoms with Crippen molar-refractivity contribution in [2.45, 2.75) is 17.4 Å². The van der Waals surface area contributed by atoms with Gasteiger partial charge < -0.3 is 19.9 Å². The van der Waals surface area contributed by atoms with E-state index >= 15 is 0 Å². The summed E-state index contributed by atoms with van der Waals surface area (Å²) in [6.07, 6.45) is -0.0911. The van der Waals surface area contributed by atoms with E-state index in [9.17, 15) is 28.2 Å². The molecule has 0 unspecified atom stereocenters. The quantitative estimate of drug-likeness (QED) is 0.199. The molecule has 4 N–H and O–H groups in total. The maximum Gasteiger partial charge on any atom is 0.322 e. The number of aromatic hydroxyl groups is 1. The third-order valence-corrected chi connectivity index (χ3v) is 7.75. The molecule has 0 aliphatic carbocycles. The Bertz CT molecular complexity index is 1740. The van der Waals surface area contributed by atoms with Crippen molar-refractivity contribution in [3.63, 3.8) is 0 Å². The molecule has 9 nitrogen and oxygen atoms in total. The Kier molecular flexibility index (Phi) is 7.37. The van der Waals surface area contributed by atoms with Crippen LogP contribution in [-0.2, 0) is 21.2 Å². The molecular weight excluding hydrogens is 532 g/mol. The summed E-state index contributed by atoms with van der Waals surface area (Å²) < 4.78 is 33.6. The van der Waals surface area contributed by atoms with E-state index < -0.39 is 22.0 Å². The van der Waals surface area contributed by atoms with Gasteiger partial charge in [-0.3, -0.25) is 9.59 Å². The van der Waals surface area contributed by atoms with Crippen LogP contribution in [0.25, 0.3) is 22.1 Å². The summed E-state index contributed by atoms with van der Waals surface area (Å²) in [6, 6.07) is 26.6. The molecule has 0 spiro atoms. The number of amides is 1. The first-order valence-corrected chi connectivity index (χ1v) is 13.7. The lowest BCUT2D eigenvalue weighted by atomic mass is 10.1. The first-order valence-electron chi connectivity index (χ1n) is 12.2. The Hall–Kier alpha value is -4.93. The minimum atomic E-state index is -4.12. The second-order valence-corrected chi connectivity index (χ2v) is 10.8. The Morgan fingerprint density at radius 3 is 2.08 bits per heavy atom. The zero-order chi connectivity index (χ0) is 28.3. The van der Waals surface area contributed by atoms with Crippen molar-refractivity contribution >= 4 is 38.6 Å². The van der Waals surface area contributed by atoms with Crippen LogP contribution in [0.2, 0.25) is 0 Å². The maximum absolute atomic E-state index is 12.9. The number of phenols is 1. The lowest BCUT2D eigenvalue weighted by Gasteiger charge is -2.15.